The van der Waals surface area contributed by atoms with Gasteiger partial charge in [-0.2, -0.15) is 0 Å². The lowest BCUT2D eigenvalue weighted by Crippen LogP contribution is -2.43. The van der Waals surface area contributed by atoms with Crippen LogP contribution in [0, 0.1) is 5.41 Å². The molecule has 5 heteroatoms. The van der Waals surface area contributed by atoms with Gasteiger partial charge in [0.15, 0.2) is 0 Å². The van der Waals surface area contributed by atoms with Crippen molar-refractivity contribution in [3.63, 3.8) is 0 Å². The van der Waals surface area contributed by atoms with Gasteiger partial charge in [0.2, 0.25) is 5.91 Å². The van der Waals surface area contributed by atoms with Gasteiger partial charge in [0.25, 0.3) is 0 Å². The van der Waals surface area contributed by atoms with E-state index in [2.05, 4.69) is 0 Å². The van der Waals surface area contributed by atoms with Gasteiger partial charge in [0.1, 0.15) is 6.54 Å². The van der Waals surface area contributed by atoms with Crippen LogP contribution in [0.2, 0.25) is 0 Å². The summed E-state index contributed by atoms with van der Waals surface area (Å²) in [7, 11) is 0. The summed E-state index contributed by atoms with van der Waals surface area (Å²) in [4.78, 5) is 23.9. The summed E-state index contributed by atoms with van der Waals surface area (Å²) < 4.78 is 0. The number of nitrogens with zero attached hydrogens (tertiary/aromatic N) is 1. The van der Waals surface area contributed by atoms with Gasteiger partial charge in [-0.3, -0.25) is 9.59 Å². The maximum Gasteiger partial charge on any atom is 0.323 e. The molecule has 0 aliphatic heterocycles. The van der Waals surface area contributed by atoms with E-state index in [1.165, 1.54) is 4.90 Å². The van der Waals surface area contributed by atoms with Gasteiger partial charge in [-0.25, -0.2) is 0 Å². The van der Waals surface area contributed by atoms with Gasteiger partial charge in [-0.05, 0) is 11.8 Å². The highest BCUT2D eigenvalue weighted by atomic mass is 16.4. The molecule has 0 bridgehead atoms. The molecule has 0 fully saturated rings. The minimum atomic E-state index is -0.990. The Morgan fingerprint density at radius 3 is 2.24 bits per heavy atom. The minimum Gasteiger partial charge on any atom is -0.480 e. The maximum atomic E-state index is 11.9. The first kappa shape index (κ1) is 15.9. The summed E-state index contributed by atoms with van der Waals surface area (Å²) in [6.07, 6.45) is 0.931. The second kappa shape index (κ2) is 6.59. The molecule has 0 saturated carbocycles. The van der Waals surface area contributed by atoms with Gasteiger partial charge in [0, 0.05) is 19.0 Å². The van der Waals surface area contributed by atoms with E-state index < -0.39 is 5.97 Å². The second-order valence-corrected chi connectivity index (χ2v) is 5.39. The van der Waals surface area contributed by atoms with Crippen LogP contribution >= 0.6 is 0 Å². The molecule has 1 atom stereocenters. The Bertz CT molecular complexity index is 271. The Balaban J connectivity index is 4.47. The van der Waals surface area contributed by atoms with E-state index in [0.717, 1.165) is 6.42 Å². The minimum absolute atomic E-state index is 0.156. The van der Waals surface area contributed by atoms with Crippen LogP contribution in [0.4, 0.5) is 0 Å². The molecule has 0 aromatic rings. The molecular weight excluding hydrogens is 220 g/mol. The van der Waals surface area contributed by atoms with E-state index in [4.69, 9.17) is 10.8 Å². The Morgan fingerprint density at radius 1 is 1.35 bits per heavy atom. The summed E-state index contributed by atoms with van der Waals surface area (Å²) in [5.41, 5.74) is 5.77. The van der Waals surface area contributed by atoms with Gasteiger partial charge < -0.3 is 15.7 Å². The van der Waals surface area contributed by atoms with E-state index in [-0.39, 0.29) is 30.3 Å². The molecular formula is C12H24N2O3. The monoisotopic (exact) mass is 244 g/mol. The fourth-order valence-corrected chi connectivity index (χ4v) is 1.35. The summed E-state index contributed by atoms with van der Waals surface area (Å²) in [5.74, 6) is -1.17. The molecule has 17 heavy (non-hydrogen) atoms. The lowest BCUT2D eigenvalue weighted by atomic mass is 9.85. The molecule has 0 radical (unpaired) electrons. The molecule has 0 aliphatic rings. The van der Waals surface area contributed by atoms with Crippen LogP contribution in [0.5, 0.6) is 0 Å². The number of carbonyl (C=O) groups excluding carboxylic acids is 1. The van der Waals surface area contributed by atoms with Gasteiger partial charge in [0.05, 0.1) is 0 Å². The van der Waals surface area contributed by atoms with Crippen molar-refractivity contribution in [2.45, 2.75) is 46.6 Å². The van der Waals surface area contributed by atoms with Crippen LogP contribution in [0.3, 0.4) is 0 Å². The number of carboxylic acid groups (broad SMARTS) is 1. The van der Waals surface area contributed by atoms with Gasteiger partial charge in [-0.1, -0.05) is 27.7 Å². The number of rotatable bonds is 6. The SMILES string of the molecule is CCCN(CC(=O)O)C(=O)CC(N)C(C)(C)C. The van der Waals surface area contributed by atoms with Crippen molar-refractivity contribution in [2.24, 2.45) is 11.1 Å². The normalized spacial score (nSPS) is 13.2. The summed E-state index contributed by atoms with van der Waals surface area (Å²) >= 11 is 0. The zero-order valence-electron chi connectivity index (χ0n) is 11.2. The number of hydrogen-bond acceptors (Lipinski definition) is 3. The van der Waals surface area contributed by atoms with Crippen molar-refractivity contribution in [1.82, 2.24) is 4.90 Å². The first-order chi connectivity index (χ1) is 7.68. The molecule has 0 aromatic carbocycles. The van der Waals surface area contributed by atoms with E-state index in [1.807, 2.05) is 27.7 Å². The summed E-state index contributed by atoms with van der Waals surface area (Å²) in [5, 5.41) is 8.73. The smallest absolute Gasteiger partial charge is 0.323 e. The van der Waals surface area contributed by atoms with Crippen molar-refractivity contribution < 1.29 is 14.7 Å². The van der Waals surface area contributed by atoms with Crippen LogP contribution < -0.4 is 5.73 Å². The molecule has 0 aromatic heterocycles. The summed E-state index contributed by atoms with van der Waals surface area (Å²) in [6.45, 7) is 8.02. The van der Waals surface area contributed by atoms with Gasteiger partial charge in [-0.15, -0.1) is 0 Å². The molecule has 1 amide bonds. The Kier molecular flexibility index (Phi) is 6.16. The van der Waals surface area contributed by atoms with E-state index >= 15 is 0 Å². The number of carboxylic acids is 1. The first-order valence-corrected chi connectivity index (χ1v) is 5.93. The Morgan fingerprint density at radius 2 is 1.88 bits per heavy atom. The molecule has 0 aliphatic carbocycles. The predicted octanol–water partition coefficient (Wildman–Crippen LogP) is 1.07. The zero-order valence-corrected chi connectivity index (χ0v) is 11.2. The molecule has 0 saturated heterocycles. The van der Waals surface area contributed by atoms with E-state index in [0.29, 0.717) is 6.54 Å². The highest BCUT2D eigenvalue weighted by Gasteiger charge is 2.26. The van der Waals surface area contributed by atoms with Gasteiger partial charge >= 0.3 is 5.97 Å². The van der Waals surface area contributed by atoms with Crippen LogP contribution in [0.25, 0.3) is 0 Å². The third-order valence-electron chi connectivity index (χ3n) is 2.68. The largest absolute Gasteiger partial charge is 0.480 e. The number of amides is 1. The lowest BCUT2D eigenvalue weighted by molar-refractivity contribution is -0.144. The van der Waals surface area contributed by atoms with Crippen molar-refractivity contribution >= 4 is 11.9 Å². The Labute approximate surface area is 103 Å². The molecule has 3 N–H and O–H groups in total. The summed E-state index contributed by atoms with van der Waals surface area (Å²) in [6, 6.07) is -0.261. The third-order valence-corrected chi connectivity index (χ3v) is 2.68. The highest BCUT2D eigenvalue weighted by molar-refractivity contribution is 5.81. The lowest BCUT2D eigenvalue weighted by Gasteiger charge is -2.29. The Hall–Kier alpha value is -1.10. The zero-order chi connectivity index (χ0) is 13.6. The fourth-order valence-electron chi connectivity index (χ4n) is 1.35. The molecule has 0 rings (SSSR count). The van der Waals surface area contributed by atoms with E-state index in [9.17, 15) is 9.59 Å². The van der Waals surface area contributed by atoms with Crippen LogP contribution in [-0.2, 0) is 9.59 Å². The third kappa shape index (κ3) is 6.26. The number of hydrogen-bond donors (Lipinski definition) is 2. The molecule has 5 nitrogen and oxygen atoms in total. The van der Waals surface area contributed by atoms with Crippen molar-refractivity contribution in [2.75, 3.05) is 13.1 Å². The predicted molar refractivity (Wildman–Crippen MR) is 66.6 cm³/mol. The topological polar surface area (TPSA) is 83.6 Å². The highest BCUT2D eigenvalue weighted by Crippen LogP contribution is 2.20. The van der Waals surface area contributed by atoms with Crippen LogP contribution in [0.1, 0.15) is 40.5 Å². The van der Waals surface area contributed by atoms with Crippen molar-refractivity contribution in [1.29, 1.82) is 0 Å². The average molecular weight is 244 g/mol. The fraction of sp³-hybridized carbons (Fsp3) is 0.833. The molecule has 0 heterocycles. The molecule has 0 spiro atoms. The van der Waals surface area contributed by atoms with Crippen LogP contribution in [-0.4, -0.2) is 41.0 Å². The molecule has 1 unspecified atom stereocenters. The molecule has 100 valence electrons. The number of nitrogens with two attached hydrogens (primary N) is 1. The van der Waals surface area contributed by atoms with Crippen molar-refractivity contribution in [3.05, 3.63) is 0 Å². The number of carbonyl (C=O) groups is 2. The first-order valence-electron chi connectivity index (χ1n) is 5.93. The quantitative estimate of drug-likeness (QED) is 0.732. The standard InChI is InChI=1S/C12H24N2O3/c1-5-6-14(8-11(16)17)10(15)7-9(13)12(2,3)4/h9H,5-8,13H2,1-4H3,(H,16,17). The maximum absolute atomic E-state index is 11.9. The second-order valence-electron chi connectivity index (χ2n) is 5.39. The van der Waals surface area contributed by atoms with Crippen LogP contribution in [0.15, 0.2) is 0 Å². The average Bonchev–Trinajstić information content (AvgIpc) is 2.14. The number of aliphatic carboxylic acids is 1. The van der Waals surface area contributed by atoms with Crippen molar-refractivity contribution in [3.8, 4) is 0 Å². The van der Waals surface area contributed by atoms with E-state index in [1.54, 1.807) is 0 Å².